The van der Waals surface area contributed by atoms with E-state index < -0.39 is 0 Å². The number of rotatable bonds is 6. The van der Waals surface area contributed by atoms with Gasteiger partial charge in [-0.3, -0.25) is 9.59 Å². The fourth-order valence-electron chi connectivity index (χ4n) is 2.88. The van der Waals surface area contributed by atoms with Crippen LogP contribution in [0.1, 0.15) is 25.7 Å². The molecule has 0 aliphatic carbocycles. The van der Waals surface area contributed by atoms with Gasteiger partial charge in [0.2, 0.25) is 0 Å². The highest BCUT2D eigenvalue weighted by atomic mass is 32.1. The van der Waals surface area contributed by atoms with E-state index in [0.717, 1.165) is 15.6 Å². The number of anilines is 2. The molecule has 4 aromatic rings. The summed E-state index contributed by atoms with van der Waals surface area (Å²) < 4.78 is 5.11. The molecule has 156 valence electrons. The van der Waals surface area contributed by atoms with Crippen LogP contribution in [0.4, 0.5) is 11.4 Å². The third-order valence-electron chi connectivity index (χ3n) is 4.49. The lowest BCUT2D eigenvalue weighted by molar-refractivity contribution is 0.102. The number of benzene rings is 2. The molecule has 0 saturated carbocycles. The van der Waals surface area contributed by atoms with Crippen molar-refractivity contribution < 1.29 is 14.3 Å². The van der Waals surface area contributed by atoms with E-state index >= 15 is 0 Å². The second-order valence-corrected chi connectivity index (χ2v) is 8.57. The summed E-state index contributed by atoms with van der Waals surface area (Å²) in [6, 6.07) is 17.8. The Balaban J connectivity index is 1.41. The molecule has 2 aromatic heterocycles. The van der Waals surface area contributed by atoms with Crippen LogP contribution in [0, 0.1) is 6.92 Å². The van der Waals surface area contributed by atoms with E-state index in [4.69, 9.17) is 4.74 Å². The predicted octanol–water partition coefficient (Wildman–Crippen LogP) is 5.69. The van der Waals surface area contributed by atoms with Crippen LogP contribution in [0.25, 0.3) is 9.88 Å². The van der Waals surface area contributed by atoms with Crippen LogP contribution in [0.2, 0.25) is 0 Å². The van der Waals surface area contributed by atoms with Crippen LogP contribution in [-0.2, 0) is 0 Å². The first-order chi connectivity index (χ1) is 15.0. The van der Waals surface area contributed by atoms with Crippen molar-refractivity contribution >= 4 is 45.9 Å². The largest absolute Gasteiger partial charge is 0.497 e. The predicted molar refractivity (Wildman–Crippen MR) is 126 cm³/mol. The van der Waals surface area contributed by atoms with Crippen LogP contribution >= 0.6 is 22.7 Å². The first-order valence-electron chi connectivity index (χ1n) is 9.41. The number of nitrogens with one attached hydrogen (secondary N) is 2. The summed E-state index contributed by atoms with van der Waals surface area (Å²) in [6.45, 7) is 1.83. The molecule has 0 fully saturated rings. The first kappa shape index (κ1) is 20.8. The minimum Gasteiger partial charge on any atom is -0.497 e. The quantitative estimate of drug-likeness (QED) is 0.396. The third-order valence-corrected chi connectivity index (χ3v) is 6.68. The van der Waals surface area contributed by atoms with E-state index in [0.29, 0.717) is 27.5 Å². The number of ether oxygens (including phenoxy) is 1. The number of nitrogens with zero attached hydrogens (tertiary/aromatic N) is 1. The summed E-state index contributed by atoms with van der Waals surface area (Å²) in [7, 11) is 1.59. The molecule has 31 heavy (non-hydrogen) atoms. The van der Waals surface area contributed by atoms with Crippen LogP contribution < -0.4 is 15.4 Å². The highest BCUT2D eigenvalue weighted by Gasteiger charge is 2.17. The normalized spacial score (nSPS) is 10.5. The highest BCUT2D eigenvalue weighted by Crippen LogP contribution is 2.31. The van der Waals surface area contributed by atoms with Crippen molar-refractivity contribution in [1.82, 2.24) is 4.98 Å². The Morgan fingerprint density at radius 3 is 2.16 bits per heavy atom. The van der Waals surface area contributed by atoms with Gasteiger partial charge in [0.05, 0.1) is 17.7 Å². The molecule has 6 nitrogen and oxygen atoms in total. The molecule has 0 atom stereocenters. The van der Waals surface area contributed by atoms with E-state index in [-0.39, 0.29) is 11.8 Å². The van der Waals surface area contributed by atoms with Crippen molar-refractivity contribution in [2.75, 3.05) is 17.7 Å². The van der Waals surface area contributed by atoms with Gasteiger partial charge in [0.15, 0.2) is 0 Å². The first-order valence-corrected chi connectivity index (χ1v) is 11.1. The maximum atomic E-state index is 12.7. The zero-order chi connectivity index (χ0) is 21.8. The highest BCUT2D eigenvalue weighted by molar-refractivity contribution is 7.22. The number of carbonyl (C=O) groups excluding carboxylic acids is 2. The van der Waals surface area contributed by atoms with Gasteiger partial charge in [0, 0.05) is 16.9 Å². The summed E-state index contributed by atoms with van der Waals surface area (Å²) in [5, 5.41) is 8.53. The Morgan fingerprint density at radius 2 is 1.55 bits per heavy atom. The second-order valence-electron chi connectivity index (χ2n) is 6.62. The van der Waals surface area contributed by atoms with Crippen LogP contribution in [0.3, 0.4) is 0 Å². The molecule has 0 aliphatic heterocycles. The molecule has 0 radical (unpaired) electrons. The monoisotopic (exact) mass is 449 g/mol. The Labute approximate surface area is 187 Å². The van der Waals surface area contributed by atoms with Gasteiger partial charge in [-0.2, -0.15) is 0 Å². The molecule has 2 N–H and O–H groups in total. The number of carbonyl (C=O) groups is 2. The van der Waals surface area contributed by atoms with Crippen LogP contribution in [0.15, 0.2) is 66.0 Å². The average molecular weight is 450 g/mol. The van der Waals surface area contributed by atoms with Crippen molar-refractivity contribution in [3.05, 3.63) is 82.2 Å². The molecule has 0 aliphatic rings. The molecule has 2 aromatic carbocycles. The zero-order valence-corrected chi connectivity index (χ0v) is 18.5. The van der Waals surface area contributed by atoms with Crippen molar-refractivity contribution in [2.45, 2.75) is 6.92 Å². The SMILES string of the molecule is COc1ccc(NC(=O)c2ccc(NC(=O)c3sc(-c4cccs4)nc3C)cc2)cc1. The van der Waals surface area contributed by atoms with Gasteiger partial charge in [-0.15, -0.1) is 22.7 Å². The fraction of sp³-hybridized carbons (Fsp3) is 0.0870. The molecule has 0 unspecified atom stereocenters. The fourth-order valence-corrected chi connectivity index (χ4v) is 4.64. The van der Waals surface area contributed by atoms with Crippen molar-refractivity contribution in [1.29, 1.82) is 0 Å². The lowest BCUT2D eigenvalue weighted by atomic mass is 10.2. The van der Waals surface area contributed by atoms with Gasteiger partial charge in [0.25, 0.3) is 11.8 Å². The summed E-state index contributed by atoms with van der Waals surface area (Å²) in [5.41, 5.74) is 2.46. The molecule has 4 rings (SSSR count). The number of aromatic nitrogens is 1. The number of hydrogen-bond donors (Lipinski definition) is 2. The van der Waals surface area contributed by atoms with Crippen molar-refractivity contribution in [2.24, 2.45) is 0 Å². The molecule has 2 amide bonds. The van der Waals surface area contributed by atoms with Gasteiger partial charge in [-0.05, 0) is 66.9 Å². The van der Waals surface area contributed by atoms with Crippen molar-refractivity contribution in [3.63, 3.8) is 0 Å². The third kappa shape index (κ3) is 4.82. The average Bonchev–Trinajstić information content (AvgIpc) is 3.44. The number of aryl methyl sites for hydroxylation is 1. The topological polar surface area (TPSA) is 80.3 Å². The molecule has 2 heterocycles. The van der Waals surface area contributed by atoms with E-state index in [9.17, 15) is 9.59 Å². The van der Waals surface area contributed by atoms with Gasteiger partial charge >= 0.3 is 0 Å². The number of amides is 2. The minimum absolute atomic E-state index is 0.215. The van der Waals surface area contributed by atoms with Crippen molar-refractivity contribution in [3.8, 4) is 15.6 Å². The van der Waals surface area contributed by atoms with E-state index in [2.05, 4.69) is 15.6 Å². The molecular weight excluding hydrogens is 430 g/mol. The Bertz CT molecular complexity index is 1200. The maximum absolute atomic E-state index is 12.7. The molecular formula is C23H19N3O3S2. The number of thiazole rings is 1. The molecule has 0 bridgehead atoms. The maximum Gasteiger partial charge on any atom is 0.267 e. The van der Waals surface area contributed by atoms with E-state index in [1.54, 1.807) is 67.0 Å². The Kier molecular flexibility index (Phi) is 6.11. The van der Waals surface area contributed by atoms with Gasteiger partial charge < -0.3 is 15.4 Å². The minimum atomic E-state index is -0.234. The van der Waals surface area contributed by atoms with Gasteiger partial charge in [0.1, 0.15) is 15.6 Å². The zero-order valence-electron chi connectivity index (χ0n) is 16.8. The smallest absolute Gasteiger partial charge is 0.267 e. The molecule has 8 heteroatoms. The summed E-state index contributed by atoms with van der Waals surface area (Å²) >= 11 is 2.96. The summed E-state index contributed by atoms with van der Waals surface area (Å²) in [4.78, 5) is 31.3. The van der Waals surface area contributed by atoms with E-state index in [1.807, 2.05) is 24.4 Å². The lowest BCUT2D eigenvalue weighted by Gasteiger charge is -2.08. The van der Waals surface area contributed by atoms with E-state index in [1.165, 1.54) is 11.3 Å². The summed E-state index contributed by atoms with van der Waals surface area (Å²) in [6.07, 6.45) is 0. The number of hydrogen-bond acceptors (Lipinski definition) is 6. The van der Waals surface area contributed by atoms with Gasteiger partial charge in [-0.1, -0.05) is 6.07 Å². The van der Waals surface area contributed by atoms with Gasteiger partial charge in [-0.25, -0.2) is 4.98 Å². The van der Waals surface area contributed by atoms with Crippen LogP contribution in [-0.4, -0.2) is 23.9 Å². The van der Waals surface area contributed by atoms with Crippen LogP contribution in [0.5, 0.6) is 5.75 Å². The Hall–Kier alpha value is -3.49. The lowest BCUT2D eigenvalue weighted by Crippen LogP contribution is -2.13. The Morgan fingerprint density at radius 1 is 0.903 bits per heavy atom. The second kappa shape index (κ2) is 9.11. The summed E-state index contributed by atoms with van der Waals surface area (Å²) in [5.74, 6) is 0.270. The number of methoxy groups -OCH3 is 1. The number of thiophene rings is 1. The molecule has 0 saturated heterocycles. The molecule has 0 spiro atoms. The standard InChI is InChI=1S/C23H19N3O3S2/c1-14-20(31-23(24-14)19-4-3-13-30-19)22(28)26-16-7-5-15(6-8-16)21(27)25-17-9-11-18(29-2)12-10-17/h3-13H,1-2H3,(H,25,27)(H,26,28).